The van der Waals surface area contributed by atoms with Crippen molar-refractivity contribution in [1.82, 2.24) is 5.32 Å². The lowest BCUT2D eigenvalue weighted by atomic mass is 10.1. The Morgan fingerprint density at radius 3 is 2.43 bits per heavy atom. The van der Waals surface area contributed by atoms with Crippen LogP contribution in [-0.2, 0) is 4.79 Å². The average molecular weight is 305 g/mol. The van der Waals surface area contributed by atoms with Crippen LogP contribution in [0.25, 0.3) is 0 Å². The number of hydrogen-bond donors (Lipinski definition) is 2. The van der Waals surface area contributed by atoms with E-state index >= 15 is 0 Å². The van der Waals surface area contributed by atoms with Gasteiger partial charge in [-0.3, -0.25) is 4.79 Å². The van der Waals surface area contributed by atoms with E-state index in [1.165, 1.54) is 23.9 Å². The van der Waals surface area contributed by atoms with Crippen LogP contribution in [0.15, 0.2) is 59.5 Å². The van der Waals surface area contributed by atoms with Crippen molar-refractivity contribution in [1.29, 1.82) is 0 Å². The van der Waals surface area contributed by atoms with E-state index in [4.69, 9.17) is 0 Å². The lowest BCUT2D eigenvalue weighted by molar-refractivity contribution is -0.119. The van der Waals surface area contributed by atoms with E-state index in [9.17, 15) is 14.3 Å². The number of amides is 1. The summed E-state index contributed by atoms with van der Waals surface area (Å²) in [4.78, 5) is 12.7. The third-order valence-corrected chi connectivity index (χ3v) is 3.92. The zero-order chi connectivity index (χ0) is 15.1. The first kappa shape index (κ1) is 15.5. The zero-order valence-electron chi connectivity index (χ0n) is 11.3. The van der Waals surface area contributed by atoms with Crippen LogP contribution in [0.3, 0.4) is 0 Å². The third-order valence-electron chi connectivity index (χ3n) is 2.90. The van der Waals surface area contributed by atoms with Gasteiger partial charge < -0.3 is 10.4 Å². The number of halogens is 1. The normalized spacial score (nSPS) is 11.9. The van der Waals surface area contributed by atoms with Crippen molar-refractivity contribution in [3.63, 3.8) is 0 Å². The summed E-state index contributed by atoms with van der Waals surface area (Å²) < 4.78 is 12.8. The van der Waals surface area contributed by atoms with Crippen molar-refractivity contribution < 1.29 is 14.3 Å². The molecule has 5 heteroatoms. The molecule has 0 bridgehead atoms. The number of aliphatic hydroxyl groups excluding tert-OH is 1. The van der Waals surface area contributed by atoms with Gasteiger partial charge in [-0.05, 0) is 29.8 Å². The van der Waals surface area contributed by atoms with Crippen LogP contribution < -0.4 is 5.32 Å². The van der Waals surface area contributed by atoms with Crippen molar-refractivity contribution in [2.45, 2.75) is 10.9 Å². The maximum absolute atomic E-state index is 12.8. The predicted molar refractivity (Wildman–Crippen MR) is 81.5 cm³/mol. The van der Waals surface area contributed by atoms with E-state index in [0.29, 0.717) is 0 Å². The Balaban J connectivity index is 1.87. The highest BCUT2D eigenvalue weighted by Gasteiger charge is 2.13. The standard InChI is InChI=1S/C16H16FNO2S/c17-13-6-8-14(9-7-13)21-11-16(20)18-15(10-19)12-4-2-1-3-5-12/h1-9,15,19H,10-11H2,(H,18,20). The largest absolute Gasteiger partial charge is 0.394 e. The first-order chi connectivity index (χ1) is 10.2. The maximum Gasteiger partial charge on any atom is 0.230 e. The summed E-state index contributed by atoms with van der Waals surface area (Å²) in [6.07, 6.45) is 0. The minimum Gasteiger partial charge on any atom is -0.394 e. The number of rotatable bonds is 6. The second kappa shape index (κ2) is 7.81. The highest BCUT2D eigenvalue weighted by atomic mass is 32.2. The fraction of sp³-hybridized carbons (Fsp3) is 0.188. The molecule has 0 fully saturated rings. The summed E-state index contributed by atoms with van der Waals surface area (Å²) in [5, 5.41) is 12.2. The van der Waals surface area contributed by atoms with Crippen LogP contribution in [0.1, 0.15) is 11.6 Å². The van der Waals surface area contributed by atoms with Gasteiger partial charge in [0.1, 0.15) is 5.82 Å². The van der Waals surface area contributed by atoms with Crippen LogP contribution >= 0.6 is 11.8 Å². The zero-order valence-corrected chi connectivity index (χ0v) is 12.1. The highest BCUT2D eigenvalue weighted by molar-refractivity contribution is 8.00. The molecule has 0 aliphatic heterocycles. The molecule has 21 heavy (non-hydrogen) atoms. The van der Waals surface area contributed by atoms with E-state index in [-0.39, 0.29) is 24.1 Å². The molecule has 0 saturated heterocycles. The van der Waals surface area contributed by atoms with Crippen molar-refractivity contribution in [2.24, 2.45) is 0 Å². The topological polar surface area (TPSA) is 49.3 Å². The van der Waals surface area contributed by atoms with E-state index < -0.39 is 6.04 Å². The number of nitrogens with one attached hydrogen (secondary N) is 1. The molecule has 0 aliphatic carbocycles. The minimum absolute atomic E-state index is 0.156. The molecule has 2 aromatic carbocycles. The quantitative estimate of drug-likeness (QED) is 0.807. The molecule has 0 heterocycles. The van der Waals surface area contributed by atoms with E-state index in [0.717, 1.165) is 10.5 Å². The molecule has 0 saturated carbocycles. The van der Waals surface area contributed by atoms with Crippen molar-refractivity contribution in [3.8, 4) is 0 Å². The Hall–Kier alpha value is -1.85. The molecule has 2 rings (SSSR count). The summed E-state index contributed by atoms with van der Waals surface area (Å²) in [5.41, 5.74) is 0.861. The molecule has 1 unspecified atom stereocenters. The summed E-state index contributed by atoms with van der Waals surface area (Å²) in [6.45, 7) is -0.156. The average Bonchev–Trinajstić information content (AvgIpc) is 2.53. The molecular weight excluding hydrogens is 289 g/mol. The van der Waals surface area contributed by atoms with Gasteiger partial charge in [-0.1, -0.05) is 30.3 Å². The Kier molecular flexibility index (Phi) is 5.78. The first-order valence-corrected chi connectivity index (χ1v) is 7.51. The summed E-state index contributed by atoms with van der Waals surface area (Å²) in [5.74, 6) is -0.255. The summed E-state index contributed by atoms with van der Waals surface area (Å²) in [6, 6.07) is 14.9. The predicted octanol–water partition coefficient (Wildman–Crippen LogP) is 2.77. The van der Waals surface area contributed by atoms with Crippen molar-refractivity contribution >= 4 is 17.7 Å². The number of carbonyl (C=O) groups excluding carboxylic acids is 1. The van der Waals surface area contributed by atoms with Gasteiger partial charge in [0.25, 0.3) is 0 Å². The highest BCUT2D eigenvalue weighted by Crippen LogP contribution is 2.18. The Bertz CT molecular complexity index is 575. The number of hydrogen-bond acceptors (Lipinski definition) is 3. The molecule has 0 radical (unpaired) electrons. The second-order valence-electron chi connectivity index (χ2n) is 4.46. The van der Waals surface area contributed by atoms with Crippen LogP contribution in [0.2, 0.25) is 0 Å². The smallest absolute Gasteiger partial charge is 0.230 e. The van der Waals surface area contributed by atoms with Gasteiger partial charge in [0.2, 0.25) is 5.91 Å². The first-order valence-electron chi connectivity index (χ1n) is 6.52. The van der Waals surface area contributed by atoms with E-state index in [2.05, 4.69) is 5.32 Å². The summed E-state index contributed by atoms with van der Waals surface area (Å²) in [7, 11) is 0. The molecule has 2 N–H and O–H groups in total. The molecule has 0 spiro atoms. The van der Waals surface area contributed by atoms with E-state index in [1.54, 1.807) is 12.1 Å². The number of benzene rings is 2. The molecule has 0 aromatic heterocycles. The van der Waals surface area contributed by atoms with Crippen LogP contribution in [0.4, 0.5) is 4.39 Å². The van der Waals surface area contributed by atoms with E-state index in [1.807, 2.05) is 30.3 Å². The fourth-order valence-corrected chi connectivity index (χ4v) is 2.55. The van der Waals surface area contributed by atoms with Crippen molar-refractivity contribution in [2.75, 3.05) is 12.4 Å². The molecule has 110 valence electrons. The monoisotopic (exact) mass is 305 g/mol. The van der Waals surface area contributed by atoms with Gasteiger partial charge in [-0.25, -0.2) is 4.39 Å². The molecule has 1 amide bonds. The van der Waals surface area contributed by atoms with Gasteiger partial charge >= 0.3 is 0 Å². The number of thioether (sulfide) groups is 1. The van der Waals surface area contributed by atoms with Gasteiger partial charge in [-0.15, -0.1) is 11.8 Å². The van der Waals surface area contributed by atoms with Crippen LogP contribution in [-0.4, -0.2) is 23.4 Å². The number of aliphatic hydroxyl groups is 1. The molecule has 2 aromatic rings. The summed E-state index contributed by atoms with van der Waals surface area (Å²) >= 11 is 1.32. The molecule has 0 aliphatic rings. The third kappa shape index (κ3) is 4.88. The van der Waals surface area contributed by atoms with Gasteiger partial charge in [0, 0.05) is 4.90 Å². The van der Waals surface area contributed by atoms with Gasteiger partial charge in [0.05, 0.1) is 18.4 Å². The van der Waals surface area contributed by atoms with Crippen LogP contribution in [0.5, 0.6) is 0 Å². The molecular formula is C16H16FNO2S. The fourth-order valence-electron chi connectivity index (χ4n) is 1.84. The Labute approximate surface area is 127 Å². The lowest BCUT2D eigenvalue weighted by Gasteiger charge is -2.16. The van der Waals surface area contributed by atoms with Crippen LogP contribution in [0, 0.1) is 5.82 Å². The molecule has 3 nitrogen and oxygen atoms in total. The Morgan fingerprint density at radius 2 is 1.81 bits per heavy atom. The lowest BCUT2D eigenvalue weighted by Crippen LogP contribution is -2.32. The SMILES string of the molecule is O=C(CSc1ccc(F)cc1)NC(CO)c1ccccc1. The van der Waals surface area contributed by atoms with Gasteiger partial charge in [-0.2, -0.15) is 0 Å². The number of carbonyl (C=O) groups is 1. The maximum atomic E-state index is 12.8. The van der Waals surface area contributed by atoms with Gasteiger partial charge in [0.15, 0.2) is 0 Å². The molecule has 1 atom stereocenters. The van der Waals surface area contributed by atoms with Crippen molar-refractivity contribution in [3.05, 3.63) is 66.0 Å². The Morgan fingerprint density at radius 1 is 1.14 bits per heavy atom. The minimum atomic E-state index is -0.410. The second-order valence-corrected chi connectivity index (χ2v) is 5.50.